The number of rotatable bonds is 7. The second kappa shape index (κ2) is 9.68. The van der Waals surface area contributed by atoms with Crippen LogP contribution in [0.1, 0.15) is 11.3 Å². The first-order chi connectivity index (χ1) is 13.5. The number of nitrogens with one attached hydrogen (secondary N) is 2. The molecule has 2 N–H and O–H groups in total. The van der Waals surface area contributed by atoms with Crippen LogP contribution in [-0.4, -0.2) is 44.1 Å². The number of aromatic amines is 1. The normalized spacial score (nSPS) is 16.1. The third-order valence-corrected chi connectivity index (χ3v) is 5.42. The largest absolute Gasteiger partial charge is 0.354 e. The van der Waals surface area contributed by atoms with Crippen LogP contribution in [0.15, 0.2) is 58.9 Å². The Morgan fingerprint density at radius 2 is 2.14 bits per heavy atom. The van der Waals surface area contributed by atoms with Gasteiger partial charge in [-0.1, -0.05) is 65.9 Å². The van der Waals surface area contributed by atoms with Crippen LogP contribution in [0.5, 0.6) is 0 Å². The van der Waals surface area contributed by atoms with Gasteiger partial charge in [0.15, 0.2) is 0 Å². The molecule has 144 valence electrons. The zero-order valence-electron chi connectivity index (χ0n) is 14.7. The maximum atomic E-state index is 12.6. The predicted octanol–water partition coefficient (Wildman–Crippen LogP) is 3.09. The quantitative estimate of drug-likeness (QED) is 0.519. The lowest BCUT2D eigenvalue weighted by Gasteiger charge is -2.14. The first-order valence-corrected chi connectivity index (χ1v) is 10.0. The Labute approximate surface area is 177 Å². The van der Waals surface area contributed by atoms with Gasteiger partial charge in [-0.2, -0.15) is 0 Å². The van der Waals surface area contributed by atoms with Crippen molar-refractivity contribution >= 4 is 57.8 Å². The van der Waals surface area contributed by atoms with Crippen LogP contribution >= 0.6 is 35.6 Å². The highest BCUT2D eigenvalue weighted by Crippen LogP contribution is 2.32. The lowest BCUT2D eigenvalue weighted by Crippen LogP contribution is -2.40. The highest BCUT2D eigenvalue weighted by molar-refractivity contribution is 8.26. The molecule has 0 atom stereocenters. The summed E-state index contributed by atoms with van der Waals surface area (Å²) in [5.74, 6) is -0.596. The molecule has 1 aliphatic rings. The average molecular weight is 433 g/mol. The minimum absolute atomic E-state index is 0.120. The van der Waals surface area contributed by atoms with Gasteiger partial charge in [-0.05, 0) is 17.7 Å². The van der Waals surface area contributed by atoms with Crippen LogP contribution in [0, 0.1) is 0 Å². The number of aromatic nitrogens is 2. The van der Waals surface area contributed by atoms with Crippen molar-refractivity contribution in [3.8, 4) is 0 Å². The Kier molecular flexibility index (Phi) is 7.02. The van der Waals surface area contributed by atoms with E-state index in [9.17, 15) is 9.59 Å². The fourth-order valence-corrected chi connectivity index (χ4v) is 4.01. The van der Waals surface area contributed by atoms with Crippen molar-refractivity contribution in [2.45, 2.75) is 6.42 Å². The second-order valence-electron chi connectivity index (χ2n) is 5.88. The fourth-order valence-electron chi connectivity index (χ4n) is 2.47. The number of hydrogen-bond donors (Lipinski definition) is 2. The van der Waals surface area contributed by atoms with Crippen molar-refractivity contribution in [2.24, 2.45) is 0 Å². The number of halogens is 1. The van der Waals surface area contributed by atoms with Crippen molar-refractivity contribution in [1.29, 1.82) is 0 Å². The van der Waals surface area contributed by atoms with Crippen molar-refractivity contribution in [2.75, 3.05) is 13.1 Å². The number of hydrogen-bond acceptors (Lipinski definition) is 5. The summed E-state index contributed by atoms with van der Waals surface area (Å²) < 4.78 is 0.337. The average Bonchev–Trinajstić information content (AvgIpc) is 3.27. The number of carbonyl (C=O) groups excluding carboxylic acids is 2. The van der Waals surface area contributed by atoms with Crippen molar-refractivity contribution in [1.82, 2.24) is 20.2 Å². The van der Waals surface area contributed by atoms with E-state index >= 15 is 0 Å². The lowest BCUT2D eigenvalue weighted by molar-refractivity contribution is -0.128. The molecule has 0 bridgehead atoms. The van der Waals surface area contributed by atoms with E-state index in [0.717, 1.165) is 23.0 Å². The van der Waals surface area contributed by atoms with Gasteiger partial charge in [-0.25, -0.2) is 4.98 Å². The molecule has 0 aliphatic carbocycles. The lowest BCUT2D eigenvalue weighted by atomic mass is 10.2. The summed E-state index contributed by atoms with van der Waals surface area (Å²) >= 11 is 12.6. The van der Waals surface area contributed by atoms with Gasteiger partial charge in [0.2, 0.25) is 5.91 Å². The summed E-state index contributed by atoms with van der Waals surface area (Å²) in [6.07, 6.45) is 7.25. The summed E-state index contributed by atoms with van der Waals surface area (Å²) in [7, 11) is 0. The van der Waals surface area contributed by atoms with Gasteiger partial charge in [0.05, 0.1) is 11.2 Å². The summed E-state index contributed by atoms with van der Waals surface area (Å²) in [5.41, 5.74) is 1.85. The van der Waals surface area contributed by atoms with Gasteiger partial charge in [-0.15, -0.1) is 0 Å². The molecule has 0 radical (unpaired) electrons. The highest BCUT2D eigenvalue weighted by Gasteiger charge is 2.33. The van der Waals surface area contributed by atoms with E-state index < -0.39 is 0 Å². The van der Waals surface area contributed by atoms with Crippen LogP contribution in [0.2, 0.25) is 0 Å². The summed E-state index contributed by atoms with van der Waals surface area (Å²) in [6, 6.07) is 9.54. The molecule has 6 nitrogen and oxygen atoms in total. The molecule has 3 rings (SSSR count). The van der Waals surface area contributed by atoms with E-state index in [2.05, 4.69) is 15.3 Å². The SMILES string of the molecule is O=C(CN1C(=O)C(=CC(Cl)=Cc2ccccc2)SC1=S)NCCc1cnc[nH]1. The van der Waals surface area contributed by atoms with Crippen LogP contribution in [-0.2, 0) is 16.0 Å². The fraction of sp³-hybridized carbons (Fsp3) is 0.158. The van der Waals surface area contributed by atoms with E-state index in [0.29, 0.717) is 27.2 Å². The number of amides is 2. The predicted molar refractivity (Wildman–Crippen MR) is 116 cm³/mol. The number of benzene rings is 1. The Morgan fingerprint density at radius 1 is 1.36 bits per heavy atom. The Morgan fingerprint density at radius 3 is 2.86 bits per heavy atom. The third-order valence-electron chi connectivity index (χ3n) is 3.82. The molecular formula is C19H17ClN4O2S2. The number of carbonyl (C=O) groups is 2. The van der Waals surface area contributed by atoms with Gasteiger partial charge in [0, 0.05) is 29.9 Å². The highest BCUT2D eigenvalue weighted by atomic mass is 35.5. The van der Waals surface area contributed by atoms with E-state index in [1.54, 1.807) is 24.7 Å². The van der Waals surface area contributed by atoms with E-state index in [4.69, 9.17) is 23.8 Å². The number of nitrogens with zero attached hydrogens (tertiary/aromatic N) is 2. The van der Waals surface area contributed by atoms with E-state index in [1.807, 2.05) is 30.3 Å². The van der Waals surface area contributed by atoms with Crippen molar-refractivity contribution < 1.29 is 9.59 Å². The molecule has 1 aliphatic heterocycles. The number of imidazole rings is 1. The molecular weight excluding hydrogens is 416 g/mol. The van der Waals surface area contributed by atoms with E-state index in [1.165, 1.54) is 4.90 Å². The van der Waals surface area contributed by atoms with E-state index in [-0.39, 0.29) is 18.4 Å². The van der Waals surface area contributed by atoms with Gasteiger partial charge in [0.25, 0.3) is 5.91 Å². The zero-order chi connectivity index (χ0) is 19.9. The first-order valence-electron chi connectivity index (χ1n) is 8.44. The van der Waals surface area contributed by atoms with Gasteiger partial charge in [-0.3, -0.25) is 14.5 Å². The smallest absolute Gasteiger partial charge is 0.266 e. The molecule has 0 unspecified atom stereocenters. The first kappa shape index (κ1) is 20.3. The number of thioether (sulfide) groups is 1. The summed E-state index contributed by atoms with van der Waals surface area (Å²) in [5, 5.41) is 3.18. The summed E-state index contributed by atoms with van der Waals surface area (Å²) in [6.45, 7) is 0.322. The second-order valence-corrected chi connectivity index (χ2v) is 8.00. The molecule has 1 fully saturated rings. The maximum absolute atomic E-state index is 12.6. The molecule has 1 aromatic carbocycles. The maximum Gasteiger partial charge on any atom is 0.266 e. The molecule has 2 aromatic rings. The third kappa shape index (κ3) is 5.54. The minimum atomic E-state index is -0.321. The molecule has 2 amide bonds. The monoisotopic (exact) mass is 432 g/mol. The topological polar surface area (TPSA) is 78.1 Å². The van der Waals surface area contributed by atoms with Crippen LogP contribution in [0.4, 0.5) is 0 Å². The standard InChI is InChI=1S/C19H17ClN4O2S2/c20-14(8-13-4-2-1-3-5-13)9-16-18(26)24(19(27)28-16)11-17(25)22-7-6-15-10-21-12-23-15/h1-5,8-10,12H,6-7,11H2,(H,21,23)(H,22,25). The number of allylic oxidation sites excluding steroid dienone is 2. The van der Waals surface area contributed by atoms with Crippen molar-refractivity contribution in [3.63, 3.8) is 0 Å². The molecule has 9 heteroatoms. The summed E-state index contributed by atoms with van der Waals surface area (Å²) in [4.78, 5) is 33.3. The molecule has 28 heavy (non-hydrogen) atoms. The minimum Gasteiger partial charge on any atom is -0.354 e. The van der Waals surface area contributed by atoms with Crippen LogP contribution in [0.25, 0.3) is 6.08 Å². The van der Waals surface area contributed by atoms with Crippen molar-refractivity contribution in [3.05, 3.63) is 70.1 Å². The van der Waals surface area contributed by atoms with Gasteiger partial charge >= 0.3 is 0 Å². The number of thiocarbonyl (C=S) groups is 1. The van der Waals surface area contributed by atoms with Gasteiger partial charge in [0.1, 0.15) is 10.9 Å². The van der Waals surface area contributed by atoms with Crippen LogP contribution in [0.3, 0.4) is 0 Å². The van der Waals surface area contributed by atoms with Gasteiger partial charge < -0.3 is 10.3 Å². The molecule has 1 aromatic heterocycles. The Balaban J connectivity index is 1.56. The van der Waals surface area contributed by atoms with Crippen LogP contribution < -0.4 is 5.32 Å². The molecule has 0 saturated carbocycles. The zero-order valence-corrected chi connectivity index (χ0v) is 17.1. The molecule has 0 spiro atoms. The number of H-pyrrole nitrogens is 1. The Hall–Kier alpha value is -2.42. The molecule has 1 saturated heterocycles. The Bertz CT molecular complexity index is 927. The molecule has 2 heterocycles.